The quantitative estimate of drug-likeness (QED) is 0.776. The molecule has 0 atom stereocenters. The molecule has 0 spiro atoms. The lowest BCUT2D eigenvalue weighted by atomic mass is 9.90. The normalized spacial score (nSPS) is 15.9. The van der Waals surface area contributed by atoms with Gasteiger partial charge < -0.3 is 4.74 Å². The molecular formula is C19H21NO. The van der Waals surface area contributed by atoms with Crippen LogP contribution >= 0.6 is 0 Å². The highest BCUT2D eigenvalue weighted by Gasteiger charge is 2.15. The van der Waals surface area contributed by atoms with Gasteiger partial charge in [0.15, 0.2) is 0 Å². The number of hydrogen-bond acceptors (Lipinski definition) is 2. The van der Waals surface area contributed by atoms with Crippen LogP contribution in [0.1, 0.15) is 35.1 Å². The van der Waals surface area contributed by atoms with E-state index in [9.17, 15) is 0 Å². The molecule has 0 heterocycles. The molecule has 3 rings (SSSR count). The summed E-state index contributed by atoms with van der Waals surface area (Å²) in [5.74, 6) is 0.961. The fourth-order valence-electron chi connectivity index (χ4n) is 3.19. The lowest BCUT2D eigenvalue weighted by Crippen LogP contribution is -2.11. The summed E-state index contributed by atoms with van der Waals surface area (Å²) in [5, 5.41) is 0. The van der Waals surface area contributed by atoms with Gasteiger partial charge >= 0.3 is 0 Å². The van der Waals surface area contributed by atoms with Crippen molar-refractivity contribution in [1.29, 1.82) is 0 Å². The van der Waals surface area contributed by atoms with Crippen molar-refractivity contribution < 1.29 is 4.74 Å². The largest absolute Gasteiger partial charge is 0.496 e. The highest BCUT2D eigenvalue weighted by molar-refractivity contribution is 6.04. The zero-order valence-electron chi connectivity index (χ0n) is 12.9. The summed E-state index contributed by atoms with van der Waals surface area (Å²) in [6.07, 6.45) is 3.40. The molecule has 1 aliphatic carbocycles. The first-order valence-corrected chi connectivity index (χ1v) is 7.50. The van der Waals surface area contributed by atoms with Crippen molar-refractivity contribution in [2.45, 2.75) is 33.1 Å². The monoisotopic (exact) mass is 279 g/mol. The average molecular weight is 279 g/mol. The summed E-state index contributed by atoms with van der Waals surface area (Å²) in [5.41, 5.74) is 7.25. The lowest BCUT2D eigenvalue weighted by molar-refractivity contribution is 0.408. The predicted molar refractivity (Wildman–Crippen MR) is 88.0 cm³/mol. The third kappa shape index (κ3) is 2.71. The second-order valence-corrected chi connectivity index (χ2v) is 5.68. The Morgan fingerprint density at radius 3 is 2.43 bits per heavy atom. The van der Waals surface area contributed by atoms with Crippen LogP contribution in [-0.2, 0) is 6.42 Å². The summed E-state index contributed by atoms with van der Waals surface area (Å²) in [4.78, 5) is 4.92. The van der Waals surface area contributed by atoms with Crippen LogP contribution in [0.4, 0.5) is 5.69 Å². The van der Waals surface area contributed by atoms with Gasteiger partial charge in [0.1, 0.15) is 5.75 Å². The van der Waals surface area contributed by atoms with Gasteiger partial charge in [-0.25, -0.2) is 0 Å². The molecule has 0 aliphatic heterocycles. The zero-order valence-corrected chi connectivity index (χ0v) is 12.9. The molecule has 0 unspecified atom stereocenters. The predicted octanol–water partition coefficient (Wildman–Crippen LogP) is 4.77. The van der Waals surface area contributed by atoms with Crippen LogP contribution in [0.5, 0.6) is 5.75 Å². The number of methoxy groups -OCH3 is 1. The molecule has 0 amide bonds. The van der Waals surface area contributed by atoms with Crippen LogP contribution in [-0.4, -0.2) is 12.8 Å². The molecule has 2 heteroatoms. The van der Waals surface area contributed by atoms with Crippen molar-refractivity contribution >= 4 is 11.4 Å². The molecule has 108 valence electrons. The summed E-state index contributed by atoms with van der Waals surface area (Å²) >= 11 is 0. The van der Waals surface area contributed by atoms with E-state index >= 15 is 0 Å². The number of nitrogens with zero attached hydrogens (tertiary/aromatic N) is 1. The van der Waals surface area contributed by atoms with Crippen molar-refractivity contribution in [3.05, 3.63) is 58.7 Å². The number of aryl methyl sites for hydroxylation is 3. The Morgan fingerprint density at radius 1 is 1.00 bits per heavy atom. The molecule has 2 aromatic rings. The third-order valence-electron chi connectivity index (χ3n) is 4.10. The number of aliphatic imine (C=N–C) groups is 1. The van der Waals surface area contributed by atoms with Gasteiger partial charge in [0.2, 0.25) is 0 Å². The Labute approximate surface area is 126 Å². The molecule has 0 fully saturated rings. The molecule has 0 saturated carbocycles. The number of ether oxygens (including phenoxy) is 1. The van der Waals surface area contributed by atoms with Gasteiger partial charge in [-0.15, -0.1) is 0 Å². The van der Waals surface area contributed by atoms with E-state index in [4.69, 9.17) is 9.73 Å². The van der Waals surface area contributed by atoms with Gasteiger partial charge in [-0.1, -0.05) is 24.3 Å². The third-order valence-corrected chi connectivity index (χ3v) is 4.10. The number of rotatable bonds is 2. The first-order valence-electron chi connectivity index (χ1n) is 7.50. The van der Waals surface area contributed by atoms with Gasteiger partial charge in [-0.3, -0.25) is 4.99 Å². The second-order valence-electron chi connectivity index (χ2n) is 5.68. The highest BCUT2D eigenvalue weighted by atomic mass is 16.5. The van der Waals surface area contributed by atoms with Crippen molar-refractivity contribution in [3.63, 3.8) is 0 Å². The molecule has 0 aromatic heterocycles. The van der Waals surface area contributed by atoms with E-state index in [-0.39, 0.29) is 0 Å². The van der Waals surface area contributed by atoms with Gasteiger partial charge in [-0.2, -0.15) is 0 Å². The van der Waals surface area contributed by atoms with E-state index in [1.807, 2.05) is 0 Å². The molecule has 0 N–H and O–H groups in total. The van der Waals surface area contributed by atoms with Gasteiger partial charge in [0, 0.05) is 5.71 Å². The van der Waals surface area contributed by atoms with E-state index in [2.05, 4.69) is 50.2 Å². The summed E-state index contributed by atoms with van der Waals surface area (Å²) in [7, 11) is 1.72. The van der Waals surface area contributed by atoms with Crippen LogP contribution < -0.4 is 4.74 Å². The van der Waals surface area contributed by atoms with Gasteiger partial charge in [-0.05, 0) is 67.5 Å². The topological polar surface area (TPSA) is 21.6 Å². The number of benzene rings is 2. The van der Waals surface area contributed by atoms with E-state index in [1.165, 1.54) is 23.3 Å². The fourth-order valence-corrected chi connectivity index (χ4v) is 3.19. The maximum atomic E-state index is 5.43. The Bertz CT molecular complexity index is 677. The summed E-state index contributed by atoms with van der Waals surface area (Å²) in [6, 6.07) is 12.8. The summed E-state index contributed by atoms with van der Waals surface area (Å²) < 4.78 is 5.43. The molecule has 2 aromatic carbocycles. The molecule has 2 nitrogen and oxygen atoms in total. The molecule has 1 aliphatic rings. The molecule has 0 saturated heterocycles. The molecular weight excluding hydrogens is 258 g/mol. The maximum absolute atomic E-state index is 5.43. The Kier molecular flexibility index (Phi) is 3.78. The SMILES string of the molecule is COc1c(C)cc(N=C2CCCc3ccccc32)cc1C. The van der Waals surface area contributed by atoms with E-state index in [0.29, 0.717) is 0 Å². The van der Waals surface area contributed by atoms with Crippen LogP contribution in [0.2, 0.25) is 0 Å². The molecule has 0 radical (unpaired) electrons. The van der Waals surface area contributed by atoms with Crippen molar-refractivity contribution in [1.82, 2.24) is 0 Å². The minimum Gasteiger partial charge on any atom is -0.496 e. The fraction of sp³-hybridized carbons (Fsp3) is 0.316. The average Bonchev–Trinajstić information content (AvgIpc) is 2.47. The standard InChI is InChI=1S/C19H21NO/c1-13-11-16(12-14(2)19(13)21-3)20-18-10-6-8-15-7-4-5-9-17(15)18/h4-5,7,9,11-12H,6,8,10H2,1-3H3. The Hall–Kier alpha value is -2.09. The first-order chi connectivity index (χ1) is 10.2. The zero-order chi connectivity index (χ0) is 14.8. The minimum absolute atomic E-state index is 0.961. The summed E-state index contributed by atoms with van der Waals surface area (Å²) in [6.45, 7) is 4.15. The highest BCUT2D eigenvalue weighted by Crippen LogP contribution is 2.30. The van der Waals surface area contributed by atoms with Crippen molar-refractivity contribution in [3.8, 4) is 5.75 Å². The lowest BCUT2D eigenvalue weighted by Gasteiger charge is -2.18. The van der Waals surface area contributed by atoms with Gasteiger partial charge in [0.05, 0.1) is 12.8 Å². The van der Waals surface area contributed by atoms with E-state index < -0.39 is 0 Å². The van der Waals surface area contributed by atoms with E-state index in [0.717, 1.165) is 35.4 Å². The van der Waals surface area contributed by atoms with Crippen molar-refractivity contribution in [2.75, 3.05) is 7.11 Å². The number of fused-ring (bicyclic) bond motifs is 1. The smallest absolute Gasteiger partial charge is 0.124 e. The number of hydrogen-bond donors (Lipinski definition) is 0. The van der Waals surface area contributed by atoms with Crippen LogP contribution in [0.25, 0.3) is 0 Å². The van der Waals surface area contributed by atoms with Crippen LogP contribution in [0.15, 0.2) is 41.4 Å². The molecule has 21 heavy (non-hydrogen) atoms. The van der Waals surface area contributed by atoms with Crippen molar-refractivity contribution in [2.24, 2.45) is 4.99 Å². The van der Waals surface area contributed by atoms with Gasteiger partial charge in [0.25, 0.3) is 0 Å². The first kappa shape index (κ1) is 13.9. The van der Waals surface area contributed by atoms with Crippen LogP contribution in [0.3, 0.4) is 0 Å². The van der Waals surface area contributed by atoms with E-state index in [1.54, 1.807) is 7.11 Å². The maximum Gasteiger partial charge on any atom is 0.124 e. The second kappa shape index (κ2) is 5.72. The minimum atomic E-state index is 0.961. The Balaban J connectivity index is 2.04. The van der Waals surface area contributed by atoms with Crippen LogP contribution in [0, 0.1) is 13.8 Å². The Morgan fingerprint density at radius 2 is 1.71 bits per heavy atom. The molecule has 0 bridgehead atoms.